The fourth-order valence-electron chi connectivity index (χ4n) is 3.14. The second-order valence-corrected chi connectivity index (χ2v) is 7.10. The van der Waals surface area contributed by atoms with Gasteiger partial charge in [0.25, 0.3) is 0 Å². The van der Waals surface area contributed by atoms with E-state index < -0.39 is 17.4 Å². The van der Waals surface area contributed by atoms with Crippen LogP contribution in [0.25, 0.3) is 0 Å². The Bertz CT molecular complexity index is 969. The number of aromatic nitrogens is 1. The Morgan fingerprint density at radius 2 is 2.07 bits per heavy atom. The first-order valence-electron chi connectivity index (χ1n) is 9.06. The summed E-state index contributed by atoms with van der Waals surface area (Å²) in [6.07, 6.45) is 9.63. The highest BCUT2D eigenvalue weighted by molar-refractivity contribution is 6.49. The molecule has 150 valence electrons. The van der Waals surface area contributed by atoms with Crippen LogP contribution < -0.4 is 5.32 Å². The summed E-state index contributed by atoms with van der Waals surface area (Å²) in [6, 6.07) is 3.04. The average Bonchev–Trinajstić information content (AvgIpc) is 2.72. The number of piperazine rings is 1. The van der Waals surface area contributed by atoms with E-state index in [-0.39, 0.29) is 28.5 Å². The van der Waals surface area contributed by atoms with Crippen molar-refractivity contribution in [2.75, 3.05) is 39.8 Å². The number of nitrogens with zero attached hydrogens (tertiary/aromatic N) is 3. The van der Waals surface area contributed by atoms with Crippen LogP contribution in [0, 0.1) is 12.3 Å². The molecular weight excluding hydrogens is 395 g/mol. The van der Waals surface area contributed by atoms with Crippen LogP contribution in [0.15, 0.2) is 52.7 Å². The molecule has 1 fully saturated rings. The van der Waals surface area contributed by atoms with E-state index >= 15 is 0 Å². The highest BCUT2D eigenvalue weighted by Gasteiger charge is 2.32. The van der Waals surface area contributed by atoms with Crippen molar-refractivity contribution in [3.8, 4) is 12.3 Å². The monoisotopic (exact) mass is 414 g/mol. The van der Waals surface area contributed by atoms with Gasteiger partial charge in [-0.2, -0.15) is 0 Å². The molecule has 0 aromatic carbocycles. The lowest BCUT2D eigenvalue weighted by atomic mass is 9.97. The number of carbonyl (C=O) groups excluding carboxylic acids is 2. The minimum Gasteiger partial charge on any atom is -0.374 e. The highest BCUT2D eigenvalue weighted by Crippen LogP contribution is 2.26. The van der Waals surface area contributed by atoms with E-state index in [1.165, 1.54) is 24.4 Å². The Hall–Kier alpha value is -2.95. The number of hydrogen-bond acceptors (Lipinski definition) is 6. The van der Waals surface area contributed by atoms with Crippen LogP contribution >= 0.6 is 11.6 Å². The number of terminal acetylenes is 1. The number of carbonyl (C=O) groups is 2. The van der Waals surface area contributed by atoms with Gasteiger partial charge in [0, 0.05) is 44.1 Å². The SMILES string of the molecule is C#C/C=C(\C=C(\F)CNC1=C(Cl)C(=O)c2ncccc2C1=O)N1CCN(C)CC1. The molecule has 0 saturated carbocycles. The van der Waals surface area contributed by atoms with Crippen molar-refractivity contribution in [1.29, 1.82) is 0 Å². The summed E-state index contributed by atoms with van der Waals surface area (Å²) in [4.78, 5) is 33.0. The molecule has 1 aromatic rings. The number of fused-ring (bicyclic) bond motifs is 1. The van der Waals surface area contributed by atoms with Crippen molar-refractivity contribution in [1.82, 2.24) is 20.1 Å². The lowest BCUT2D eigenvalue weighted by molar-refractivity contribution is 0.0971. The zero-order valence-electron chi connectivity index (χ0n) is 15.9. The minimum absolute atomic E-state index is 0.00151. The molecule has 0 spiro atoms. The first-order valence-corrected chi connectivity index (χ1v) is 9.44. The van der Waals surface area contributed by atoms with Gasteiger partial charge in [-0.1, -0.05) is 17.5 Å². The van der Waals surface area contributed by atoms with Gasteiger partial charge in [-0.15, -0.1) is 6.42 Å². The van der Waals surface area contributed by atoms with Gasteiger partial charge in [-0.3, -0.25) is 14.6 Å². The molecule has 1 N–H and O–H groups in total. The number of likely N-dealkylation sites (N-methyl/N-ethyl adjacent to an activating group) is 1. The molecule has 1 aromatic heterocycles. The number of allylic oxidation sites excluding steroid dienone is 4. The molecule has 3 rings (SSSR count). The molecule has 8 heteroatoms. The Balaban J connectivity index is 1.74. The van der Waals surface area contributed by atoms with E-state index in [4.69, 9.17) is 18.0 Å². The summed E-state index contributed by atoms with van der Waals surface area (Å²) < 4.78 is 14.6. The predicted molar refractivity (Wildman–Crippen MR) is 109 cm³/mol. The van der Waals surface area contributed by atoms with Crippen molar-refractivity contribution in [2.45, 2.75) is 0 Å². The Kier molecular flexibility index (Phi) is 6.47. The molecule has 0 unspecified atom stereocenters. The number of hydrogen-bond donors (Lipinski definition) is 1. The lowest BCUT2D eigenvalue weighted by Gasteiger charge is -2.34. The molecule has 2 aliphatic rings. The smallest absolute Gasteiger partial charge is 0.225 e. The van der Waals surface area contributed by atoms with Gasteiger partial charge < -0.3 is 15.1 Å². The third kappa shape index (κ3) is 4.56. The van der Waals surface area contributed by atoms with Crippen LogP contribution in [-0.2, 0) is 0 Å². The average molecular weight is 415 g/mol. The van der Waals surface area contributed by atoms with E-state index in [1.54, 1.807) is 6.07 Å². The fraction of sp³-hybridized carbons (Fsp3) is 0.286. The molecule has 0 amide bonds. The molecule has 29 heavy (non-hydrogen) atoms. The largest absolute Gasteiger partial charge is 0.374 e. The standard InChI is InChI=1S/C21H20ClFN4O2/c1-3-5-15(27-10-8-26(2)9-11-27)12-14(23)13-25-19-17(22)21(29)18-16(20(19)28)6-4-7-24-18/h1,4-7,12,25H,8-11,13H2,2H3/b14-12+,15-5+. The van der Waals surface area contributed by atoms with Crippen LogP contribution in [0.3, 0.4) is 0 Å². The topological polar surface area (TPSA) is 65.5 Å². The second-order valence-electron chi connectivity index (χ2n) is 6.72. The van der Waals surface area contributed by atoms with Gasteiger partial charge in [-0.05, 0) is 25.3 Å². The normalized spacial score (nSPS) is 18.6. The maximum Gasteiger partial charge on any atom is 0.225 e. The molecule has 2 heterocycles. The zero-order chi connectivity index (χ0) is 21.0. The number of ketones is 2. The lowest BCUT2D eigenvalue weighted by Crippen LogP contribution is -2.43. The van der Waals surface area contributed by atoms with Crippen LogP contribution in [0.1, 0.15) is 20.8 Å². The van der Waals surface area contributed by atoms with Gasteiger partial charge in [0.15, 0.2) is 0 Å². The molecule has 0 bridgehead atoms. The second kappa shape index (κ2) is 9.03. The minimum atomic E-state index is -0.570. The fourth-order valence-corrected chi connectivity index (χ4v) is 3.38. The van der Waals surface area contributed by atoms with Gasteiger partial charge in [0.1, 0.15) is 22.3 Å². The molecule has 1 saturated heterocycles. The van der Waals surface area contributed by atoms with Crippen LogP contribution in [-0.4, -0.2) is 66.1 Å². The first kappa shape index (κ1) is 20.8. The van der Waals surface area contributed by atoms with Crippen molar-refractivity contribution in [2.24, 2.45) is 0 Å². The number of pyridine rings is 1. The summed E-state index contributed by atoms with van der Waals surface area (Å²) in [5.74, 6) is 0.824. The molecule has 0 atom stereocenters. The summed E-state index contributed by atoms with van der Waals surface area (Å²) in [7, 11) is 2.02. The van der Waals surface area contributed by atoms with Gasteiger partial charge in [0.2, 0.25) is 11.6 Å². The van der Waals surface area contributed by atoms with Crippen molar-refractivity contribution in [3.63, 3.8) is 0 Å². The van der Waals surface area contributed by atoms with E-state index in [0.29, 0.717) is 5.70 Å². The van der Waals surface area contributed by atoms with E-state index in [1.807, 2.05) is 11.9 Å². The molecule has 6 nitrogen and oxygen atoms in total. The van der Waals surface area contributed by atoms with Crippen LogP contribution in [0.4, 0.5) is 4.39 Å². The number of Topliss-reactive ketones (excluding diaryl/α,β-unsaturated/α-hetero) is 2. The van der Waals surface area contributed by atoms with Crippen molar-refractivity contribution in [3.05, 3.63) is 64.0 Å². The highest BCUT2D eigenvalue weighted by atomic mass is 35.5. The number of rotatable bonds is 5. The third-order valence-corrected chi connectivity index (χ3v) is 5.11. The number of halogens is 2. The van der Waals surface area contributed by atoms with Crippen LogP contribution in [0.5, 0.6) is 0 Å². The Morgan fingerprint density at radius 1 is 1.34 bits per heavy atom. The summed E-state index contributed by atoms with van der Waals surface area (Å²) >= 11 is 6.04. The van der Waals surface area contributed by atoms with Gasteiger partial charge in [0.05, 0.1) is 12.1 Å². The van der Waals surface area contributed by atoms with Gasteiger partial charge >= 0.3 is 0 Å². The van der Waals surface area contributed by atoms with Gasteiger partial charge in [-0.25, -0.2) is 4.39 Å². The quantitative estimate of drug-likeness (QED) is 0.588. The van der Waals surface area contributed by atoms with Crippen LogP contribution in [0.2, 0.25) is 0 Å². The molecule has 1 aliphatic heterocycles. The van der Waals surface area contributed by atoms with E-state index in [0.717, 1.165) is 26.2 Å². The number of nitrogens with one attached hydrogen (secondary N) is 1. The molecule has 1 aliphatic carbocycles. The maximum absolute atomic E-state index is 14.6. The van der Waals surface area contributed by atoms with Crippen molar-refractivity contribution >= 4 is 23.2 Å². The Morgan fingerprint density at radius 3 is 2.76 bits per heavy atom. The Labute approximate surface area is 173 Å². The third-order valence-electron chi connectivity index (χ3n) is 4.75. The molecular formula is C21H20ClFN4O2. The first-order chi connectivity index (χ1) is 13.9. The predicted octanol–water partition coefficient (Wildman–Crippen LogP) is 2.12. The van der Waals surface area contributed by atoms with Crippen molar-refractivity contribution < 1.29 is 14.0 Å². The maximum atomic E-state index is 14.6. The van der Waals surface area contributed by atoms with E-state index in [2.05, 4.69) is 21.1 Å². The molecule has 0 radical (unpaired) electrons. The summed E-state index contributed by atoms with van der Waals surface area (Å²) in [5, 5.41) is 2.35. The van der Waals surface area contributed by atoms with E-state index in [9.17, 15) is 14.0 Å². The zero-order valence-corrected chi connectivity index (χ0v) is 16.7. The summed E-state index contributed by atoms with van der Waals surface area (Å²) in [5.41, 5.74) is 0.584. The summed E-state index contributed by atoms with van der Waals surface area (Å²) in [6.45, 7) is 2.85.